The quantitative estimate of drug-likeness (QED) is 0.571. The van der Waals surface area contributed by atoms with Gasteiger partial charge in [0.05, 0.1) is 31.2 Å². The first-order valence-corrected chi connectivity index (χ1v) is 4.81. The van der Waals surface area contributed by atoms with Gasteiger partial charge in [0.2, 0.25) is 0 Å². The molecule has 0 atom stereocenters. The van der Waals surface area contributed by atoms with Crippen molar-refractivity contribution >= 4 is 5.71 Å². The van der Waals surface area contributed by atoms with E-state index in [2.05, 4.69) is 4.98 Å². The second-order valence-electron chi connectivity index (χ2n) is 3.18. The maximum Gasteiger partial charge on any atom is 0.0889 e. The van der Waals surface area contributed by atoms with Gasteiger partial charge in [-0.25, -0.2) is 0 Å². The third kappa shape index (κ3) is 3.77. The first-order chi connectivity index (χ1) is 7.25. The van der Waals surface area contributed by atoms with Crippen LogP contribution < -0.4 is 0 Å². The summed E-state index contributed by atoms with van der Waals surface area (Å²) in [5.41, 5.74) is 2.11. The van der Waals surface area contributed by atoms with Crippen LogP contribution in [0.2, 0.25) is 0 Å². The zero-order valence-corrected chi connectivity index (χ0v) is 9.12. The molecule has 0 unspecified atom stereocenters. The van der Waals surface area contributed by atoms with E-state index in [-0.39, 0.29) is 0 Å². The van der Waals surface area contributed by atoms with Gasteiger partial charge in [-0.05, 0) is 13.0 Å². The van der Waals surface area contributed by atoms with Gasteiger partial charge in [-0.3, -0.25) is 4.98 Å². The summed E-state index contributed by atoms with van der Waals surface area (Å²) < 4.78 is 10.3. The van der Waals surface area contributed by atoms with Crippen molar-refractivity contribution in [2.45, 2.75) is 13.5 Å². The van der Waals surface area contributed by atoms with Crippen LogP contribution in [-0.2, 0) is 16.1 Å². The topological polar surface area (TPSA) is 55.2 Å². The highest BCUT2D eigenvalue weighted by Gasteiger charge is 2.04. The van der Waals surface area contributed by atoms with Gasteiger partial charge >= 0.3 is 0 Å². The lowest BCUT2D eigenvalue weighted by Gasteiger charge is -2.07. The predicted octanol–water partition coefficient (Wildman–Crippen LogP) is 1.63. The summed E-state index contributed by atoms with van der Waals surface area (Å²) >= 11 is 0. The number of rotatable bonds is 6. The van der Waals surface area contributed by atoms with Crippen LogP contribution in [-0.4, -0.2) is 31.0 Å². The minimum atomic E-state index is 0.459. The van der Waals surface area contributed by atoms with E-state index in [0.29, 0.717) is 31.2 Å². The summed E-state index contributed by atoms with van der Waals surface area (Å²) in [6.07, 6.45) is 1.69. The molecule has 0 aromatic carbocycles. The first kappa shape index (κ1) is 11.8. The van der Waals surface area contributed by atoms with Gasteiger partial charge in [-0.1, -0.05) is 6.07 Å². The van der Waals surface area contributed by atoms with Crippen LogP contribution in [0.3, 0.4) is 0 Å². The largest absolute Gasteiger partial charge is 0.382 e. The van der Waals surface area contributed by atoms with E-state index < -0.39 is 0 Å². The Labute approximate surface area is 89.8 Å². The van der Waals surface area contributed by atoms with Crippen molar-refractivity contribution in [3.05, 3.63) is 29.6 Å². The van der Waals surface area contributed by atoms with Gasteiger partial charge in [0.25, 0.3) is 0 Å². The van der Waals surface area contributed by atoms with E-state index >= 15 is 0 Å². The summed E-state index contributed by atoms with van der Waals surface area (Å²) in [6.45, 7) is 3.34. The molecule has 0 amide bonds. The third-order valence-electron chi connectivity index (χ3n) is 1.94. The van der Waals surface area contributed by atoms with Crippen LogP contribution in [0.5, 0.6) is 0 Å². The first-order valence-electron chi connectivity index (χ1n) is 4.81. The van der Waals surface area contributed by atoms with Gasteiger partial charge in [0, 0.05) is 18.9 Å². The highest BCUT2D eigenvalue weighted by Crippen LogP contribution is 2.07. The van der Waals surface area contributed by atoms with Crippen molar-refractivity contribution in [1.29, 1.82) is 5.41 Å². The minimum absolute atomic E-state index is 0.459. The Hall–Kier alpha value is -1.26. The van der Waals surface area contributed by atoms with Gasteiger partial charge < -0.3 is 14.9 Å². The number of pyridine rings is 1. The Morgan fingerprint density at radius 3 is 2.93 bits per heavy atom. The lowest BCUT2D eigenvalue weighted by molar-refractivity contribution is 0.0615. The molecule has 0 bridgehead atoms. The molecule has 0 spiro atoms. The average molecular weight is 208 g/mol. The number of ether oxygens (including phenoxy) is 2. The van der Waals surface area contributed by atoms with E-state index in [4.69, 9.17) is 14.9 Å². The number of nitrogens with zero attached hydrogens (tertiary/aromatic N) is 1. The second-order valence-corrected chi connectivity index (χ2v) is 3.18. The van der Waals surface area contributed by atoms with Gasteiger partial charge in [-0.2, -0.15) is 0 Å². The number of aromatic nitrogens is 1. The van der Waals surface area contributed by atoms with Crippen molar-refractivity contribution in [2.24, 2.45) is 0 Å². The van der Waals surface area contributed by atoms with Crippen LogP contribution in [0.25, 0.3) is 0 Å². The maximum atomic E-state index is 7.55. The van der Waals surface area contributed by atoms with Crippen molar-refractivity contribution in [1.82, 2.24) is 4.98 Å². The van der Waals surface area contributed by atoms with Crippen LogP contribution >= 0.6 is 0 Å². The standard InChI is InChI=1S/C11H16N2O2/c1-9(12)11-10(4-3-5-13-11)8-15-7-6-14-2/h3-5,12H,6-8H2,1-2H3. The van der Waals surface area contributed by atoms with Crippen LogP contribution in [0.4, 0.5) is 0 Å². The summed E-state index contributed by atoms with van der Waals surface area (Å²) in [5.74, 6) is 0. The molecular formula is C11H16N2O2. The number of nitrogens with one attached hydrogen (secondary N) is 1. The molecule has 0 radical (unpaired) electrons. The SMILES string of the molecule is COCCOCc1cccnc1C(C)=N. The Morgan fingerprint density at radius 1 is 1.47 bits per heavy atom. The van der Waals surface area contributed by atoms with Crippen LogP contribution in [0, 0.1) is 5.41 Å². The Morgan fingerprint density at radius 2 is 2.27 bits per heavy atom. The molecular weight excluding hydrogens is 192 g/mol. The van der Waals surface area contributed by atoms with Crippen molar-refractivity contribution in [3.63, 3.8) is 0 Å². The summed E-state index contributed by atoms with van der Waals surface area (Å²) in [7, 11) is 1.64. The molecule has 1 aromatic rings. The van der Waals surface area contributed by atoms with Gasteiger partial charge in [0.15, 0.2) is 0 Å². The molecule has 82 valence electrons. The molecule has 1 rings (SSSR count). The van der Waals surface area contributed by atoms with Gasteiger partial charge in [0.1, 0.15) is 0 Å². The lowest BCUT2D eigenvalue weighted by Crippen LogP contribution is -2.07. The van der Waals surface area contributed by atoms with E-state index in [1.54, 1.807) is 20.2 Å². The fourth-order valence-electron chi connectivity index (χ4n) is 1.22. The number of methoxy groups -OCH3 is 1. The molecule has 1 heterocycles. The van der Waals surface area contributed by atoms with E-state index in [1.165, 1.54) is 0 Å². The lowest BCUT2D eigenvalue weighted by atomic mass is 10.1. The molecule has 4 nitrogen and oxygen atoms in total. The molecule has 4 heteroatoms. The summed E-state index contributed by atoms with van der Waals surface area (Å²) in [4.78, 5) is 4.14. The van der Waals surface area contributed by atoms with E-state index in [0.717, 1.165) is 5.56 Å². The summed E-state index contributed by atoms with van der Waals surface area (Å²) in [6, 6.07) is 3.77. The minimum Gasteiger partial charge on any atom is -0.382 e. The molecule has 0 saturated carbocycles. The van der Waals surface area contributed by atoms with Crippen molar-refractivity contribution < 1.29 is 9.47 Å². The summed E-state index contributed by atoms with van der Waals surface area (Å²) in [5, 5.41) is 7.55. The molecule has 0 aliphatic heterocycles. The average Bonchev–Trinajstić information content (AvgIpc) is 2.25. The number of hydrogen-bond acceptors (Lipinski definition) is 4. The third-order valence-corrected chi connectivity index (χ3v) is 1.94. The smallest absolute Gasteiger partial charge is 0.0889 e. The predicted molar refractivity (Wildman–Crippen MR) is 58.3 cm³/mol. The normalized spacial score (nSPS) is 10.3. The maximum absolute atomic E-state index is 7.55. The van der Waals surface area contributed by atoms with Crippen molar-refractivity contribution in [2.75, 3.05) is 20.3 Å². The molecule has 0 saturated heterocycles. The van der Waals surface area contributed by atoms with E-state index in [1.807, 2.05) is 12.1 Å². The van der Waals surface area contributed by atoms with Crippen LogP contribution in [0.1, 0.15) is 18.2 Å². The Bertz CT molecular complexity index is 326. The molecule has 0 aliphatic rings. The zero-order chi connectivity index (χ0) is 11.1. The highest BCUT2D eigenvalue weighted by atomic mass is 16.5. The highest BCUT2D eigenvalue weighted by molar-refractivity contribution is 5.95. The molecule has 15 heavy (non-hydrogen) atoms. The zero-order valence-electron chi connectivity index (χ0n) is 9.12. The number of hydrogen-bond donors (Lipinski definition) is 1. The Balaban J connectivity index is 2.56. The Kier molecular flexibility index (Phi) is 4.93. The fraction of sp³-hybridized carbons (Fsp3) is 0.455. The van der Waals surface area contributed by atoms with E-state index in [9.17, 15) is 0 Å². The molecule has 1 N–H and O–H groups in total. The second kappa shape index (κ2) is 6.27. The fourth-order valence-corrected chi connectivity index (χ4v) is 1.22. The monoisotopic (exact) mass is 208 g/mol. The molecule has 0 aliphatic carbocycles. The molecule has 0 fully saturated rings. The van der Waals surface area contributed by atoms with Crippen LogP contribution in [0.15, 0.2) is 18.3 Å². The van der Waals surface area contributed by atoms with Crippen molar-refractivity contribution in [3.8, 4) is 0 Å². The van der Waals surface area contributed by atoms with Gasteiger partial charge in [-0.15, -0.1) is 0 Å². The molecule has 1 aromatic heterocycles.